The highest BCUT2D eigenvalue weighted by molar-refractivity contribution is 5.73. The van der Waals surface area contributed by atoms with Crippen LogP contribution in [0.5, 0.6) is 0 Å². The highest BCUT2D eigenvalue weighted by Gasteiger charge is 2.36. The topological polar surface area (TPSA) is 41.6 Å². The average Bonchev–Trinajstić information content (AvgIpc) is 2.81. The van der Waals surface area contributed by atoms with E-state index in [4.69, 9.17) is 4.74 Å². The highest BCUT2D eigenvalue weighted by Crippen LogP contribution is 2.23. The lowest BCUT2D eigenvalue weighted by Gasteiger charge is -2.36. The van der Waals surface area contributed by atoms with Crippen molar-refractivity contribution in [1.29, 1.82) is 0 Å². The maximum absolute atomic E-state index is 11.6. The summed E-state index contributed by atoms with van der Waals surface area (Å²) in [5, 5.41) is 3.28. The van der Waals surface area contributed by atoms with Crippen LogP contribution < -0.4 is 5.32 Å². The molecule has 1 N–H and O–H groups in total. The third-order valence-electron chi connectivity index (χ3n) is 3.56. The number of esters is 1. The lowest BCUT2D eigenvalue weighted by Crippen LogP contribution is -2.51. The molecule has 2 saturated heterocycles. The van der Waals surface area contributed by atoms with E-state index in [0.29, 0.717) is 6.04 Å². The number of carbonyl (C=O) groups is 1. The van der Waals surface area contributed by atoms with E-state index in [1.807, 2.05) is 0 Å². The van der Waals surface area contributed by atoms with Gasteiger partial charge in [0.25, 0.3) is 0 Å². The Morgan fingerprint density at radius 3 is 2.80 bits per heavy atom. The molecular formula is C11H20N2O2. The number of carbonyl (C=O) groups excluding carboxylic acids is 1. The van der Waals surface area contributed by atoms with Crippen molar-refractivity contribution in [1.82, 2.24) is 10.2 Å². The summed E-state index contributed by atoms with van der Waals surface area (Å²) < 4.78 is 4.87. The quantitative estimate of drug-likeness (QED) is 0.665. The van der Waals surface area contributed by atoms with E-state index in [9.17, 15) is 4.79 Å². The largest absolute Gasteiger partial charge is 0.469 e. The first-order chi connectivity index (χ1) is 7.33. The van der Waals surface area contributed by atoms with Gasteiger partial charge >= 0.3 is 5.97 Å². The maximum atomic E-state index is 11.6. The second kappa shape index (κ2) is 4.94. The first-order valence-electron chi connectivity index (χ1n) is 5.85. The normalized spacial score (nSPS) is 32.9. The molecule has 2 rings (SSSR count). The van der Waals surface area contributed by atoms with E-state index < -0.39 is 0 Å². The summed E-state index contributed by atoms with van der Waals surface area (Å²) in [6, 6.07) is 0.404. The van der Waals surface area contributed by atoms with E-state index >= 15 is 0 Å². The smallest absolute Gasteiger partial charge is 0.311 e. The van der Waals surface area contributed by atoms with E-state index in [1.165, 1.54) is 20.0 Å². The molecule has 0 saturated carbocycles. The van der Waals surface area contributed by atoms with Crippen LogP contribution >= 0.6 is 0 Å². The summed E-state index contributed by atoms with van der Waals surface area (Å²) in [5.74, 6) is -0.0269. The summed E-state index contributed by atoms with van der Waals surface area (Å²) >= 11 is 0. The van der Waals surface area contributed by atoms with Crippen molar-refractivity contribution < 1.29 is 9.53 Å². The minimum absolute atomic E-state index is 0.0295. The highest BCUT2D eigenvalue weighted by atomic mass is 16.5. The summed E-state index contributed by atoms with van der Waals surface area (Å²) in [7, 11) is 1.48. The number of nitrogens with zero attached hydrogens (tertiary/aromatic N) is 1. The molecular weight excluding hydrogens is 192 g/mol. The van der Waals surface area contributed by atoms with E-state index in [-0.39, 0.29) is 11.9 Å². The monoisotopic (exact) mass is 212 g/mol. The van der Waals surface area contributed by atoms with Crippen LogP contribution in [0.3, 0.4) is 0 Å². The minimum atomic E-state index is -0.0564. The van der Waals surface area contributed by atoms with Crippen LogP contribution in [0.4, 0.5) is 0 Å². The molecule has 0 radical (unpaired) electrons. The van der Waals surface area contributed by atoms with Crippen molar-refractivity contribution in [2.75, 3.05) is 33.3 Å². The SMILES string of the molecule is COC(=O)C1CNCCC1N1CCCC1. The van der Waals surface area contributed by atoms with E-state index in [1.54, 1.807) is 0 Å². The summed E-state index contributed by atoms with van der Waals surface area (Å²) in [4.78, 5) is 14.1. The molecule has 0 aromatic carbocycles. The average molecular weight is 212 g/mol. The Balaban J connectivity index is 2.01. The molecule has 2 unspecified atom stereocenters. The van der Waals surface area contributed by atoms with Crippen LogP contribution in [0.15, 0.2) is 0 Å². The number of methoxy groups -OCH3 is 1. The molecule has 0 aromatic rings. The summed E-state index contributed by atoms with van der Waals surface area (Å²) in [6.07, 6.45) is 3.62. The Morgan fingerprint density at radius 2 is 2.13 bits per heavy atom. The third-order valence-corrected chi connectivity index (χ3v) is 3.56. The van der Waals surface area contributed by atoms with Gasteiger partial charge in [-0.25, -0.2) is 0 Å². The number of hydrogen-bond donors (Lipinski definition) is 1. The summed E-state index contributed by atoms with van der Waals surface area (Å²) in [5.41, 5.74) is 0. The van der Waals surface area contributed by atoms with E-state index in [0.717, 1.165) is 32.6 Å². The molecule has 0 aromatic heterocycles. The van der Waals surface area contributed by atoms with Crippen molar-refractivity contribution in [3.63, 3.8) is 0 Å². The van der Waals surface area contributed by atoms with E-state index in [2.05, 4.69) is 10.2 Å². The Bertz CT molecular complexity index is 227. The number of nitrogens with one attached hydrogen (secondary N) is 1. The fourth-order valence-electron chi connectivity index (χ4n) is 2.75. The molecule has 2 aliphatic rings. The van der Waals surface area contributed by atoms with Crippen LogP contribution in [0.2, 0.25) is 0 Å². The van der Waals surface area contributed by atoms with Crippen molar-refractivity contribution >= 4 is 5.97 Å². The van der Waals surface area contributed by atoms with Crippen LogP contribution in [-0.2, 0) is 9.53 Å². The predicted molar refractivity (Wildman–Crippen MR) is 57.6 cm³/mol. The van der Waals surface area contributed by atoms with Crippen LogP contribution in [-0.4, -0.2) is 50.2 Å². The molecule has 4 heteroatoms. The predicted octanol–water partition coefficient (Wildman–Crippen LogP) is 0.233. The number of rotatable bonds is 2. The molecule has 2 atom stereocenters. The first-order valence-corrected chi connectivity index (χ1v) is 5.85. The van der Waals surface area contributed by atoms with Gasteiger partial charge in [-0.1, -0.05) is 0 Å². The van der Waals surface area contributed by atoms with Gasteiger partial charge in [-0.15, -0.1) is 0 Å². The fraction of sp³-hybridized carbons (Fsp3) is 0.909. The lowest BCUT2D eigenvalue weighted by molar-refractivity contribution is -0.148. The zero-order valence-electron chi connectivity index (χ0n) is 9.37. The van der Waals surface area contributed by atoms with Gasteiger partial charge < -0.3 is 10.1 Å². The van der Waals surface area contributed by atoms with Crippen molar-refractivity contribution in [3.05, 3.63) is 0 Å². The van der Waals surface area contributed by atoms with Gasteiger partial charge in [0.2, 0.25) is 0 Å². The van der Waals surface area contributed by atoms with Crippen molar-refractivity contribution in [2.24, 2.45) is 5.92 Å². The van der Waals surface area contributed by atoms with Gasteiger partial charge in [0, 0.05) is 12.6 Å². The van der Waals surface area contributed by atoms with Crippen LogP contribution in [0.25, 0.3) is 0 Å². The fourth-order valence-corrected chi connectivity index (χ4v) is 2.75. The molecule has 0 bridgehead atoms. The van der Waals surface area contributed by atoms with Crippen molar-refractivity contribution in [3.8, 4) is 0 Å². The molecule has 2 fully saturated rings. The lowest BCUT2D eigenvalue weighted by atomic mass is 9.92. The number of ether oxygens (including phenoxy) is 1. The van der Waals surface area contributed by atoms with Crippen LogP contribution in [0, 0.1) is 5.92 Å². The molecule has 4 nitrogen and oxygen atoms in total. The summed E-state index contributed by atoms with van der Waals surface area (Å²) in [6.45, 7) is 4.10. The maximum Gasteiger partial charge on any atom is 0.311 e. The third kappa shape index (κ3) is 2.32. The molecule has 0 aliphatic carbocycles. The van der Waals surface area contributed by atoms with Crippen LogP contribution in [0.1, 0.15) is 19.3 Å². The molecule has 0 amide bonds. The molecule has 2 heterocycles. The molecule has 86 valence electrons. The van der Waals surface area contributed by atoms with Gasteiger partial charge in [0.05, 0.1) is 13.0 Å². The van der Waals surface area contributed by atoms with Gasteiger partial charge in [-0.3, -0.25) is 9.69 Å². The molecule has 15 heavy (non-hydrogen) atoms. The first kappa shape index (κ1) is 10.9. The van der Waals surface area contributed by atoms with Gasteiger partial charge in [0.1, 0.15) is 0 Å². The minimum Gasteiger partial charge on any atom is -0.469 e. The number of likely N-dealkylation sites (tertiary alicyclic amines) is 1. The zero-order chi connectivity index (χ0) is 10.7. The number of hydrogen-bond acceptors (Lipinski definition) is 4. The van der Waals surface area contributed by atoms with Gasteiger partial charge in [0.15, 0.2) is 0 Å². The van der Waals surface area contributed by atoms with Crippen molar-refractivity contribution in [2.45, 2.75) is 25.3 Å². The molecule has 2 aliphatic heterocycles. The molecule has 0 spiro atoms. The second-order valence-electron chi connectivity index (χ2n) is 4.43. The Kier molecular flexibility index (Phi) is 3.59. The Hall–Kier alpha value is -0.610. The zero-order valence-corrected chi connectivity index (χ0v) is 9.37. The van der Waals surface area contributed by atoms with Gasteiger partial charge in [-0.2, -0.15) is 0 Å². The standard InChI is InChI=1S/C11H20N2O2/c1-15-11(14)9-8-12-5-4-10(9)13-6-2-3-7-13/h9-10,12H,2-8H2,1H3. The Labute approximate surface area is 91.0 Å². The Morgan fingerprint density at radius 1 is 1.40 bits per heavy atom. The number of piperidine rings is 1. The second-order valence-corrected chi connectivity index (χ2v) is 4.43. The van der Waals surface area contributed by atoms with Gasteiger partial charge in [-0.05, 0) is 38.9 Å².